The van der Waals surface area contributed by atoms with Gasteiger partial charge in [-0.1, -0.05) is 36.4 Å². The van der Waals surface area contributed by atoms with E-state index in [-0.39, 0.29) is 5.91 Å². The minimum absolute atomic E-state index is 0.122. The predicted molar refractivity (Wildman–Crippen MR) is 100 cm³/mol. The molecule has 4 rings (SSSR count). The van der Waals surface area contributed by atoms with Gasteiger partial charge in [-0.05, 0) is 30.7 Å². The molecule has 5 heteroatoms. The summed E-state index contributed by atoms with van der Waals surface area (Å²) in [5.41, 5.74) is 4.08. The standard InChI is InChI=1S/C20H22N4O/c1-14-19(15(2)22-21-14)23-10-12-24(13-11-23)20(25)18-9-5-7-16-6-3-4-8-17(16)18/h3-9H,10-13H2,1-2H3,(H,21,22). The first-order valence-corrected chi connectivity index (χ1v) is 8.68. The van der Waals surface area contributed by atoms with Gasteiger partial charge in [0.05, 0.1) is 17.1 Å². The first-order chi connectivity index (χ1) is 12.1. The van der Waals surface area contributed by atoms with Crippen molar-refractivity contribution in [2.45, 2.75) is 13.8 Å². The molecule has 2 aromatic carbocycles. The topological polar surface area (TPSA) is 52.2 Å². The van der Waals surface area contributed by atoms with Crippen molar-refractivity contribution >= 4 is 22.4 Å². The van der Waals surface area contributed by atoms with Gasteiger partial charge in [-0.2, -0.15) is 5.10 Å². The maximum Gasteiger partial charge on any atom is 0.254 e. The minimum atomic E-state index is 0.122. The number of carbonyl (C=O) groups excluding carboxylic acids is 1. The van der Waals surface area contributed by atoms with Crippen molar-refractivity contribution in [3.8, 4) is 0 Å². The fraction of sp³-hybridized carbons (Fsp3) is 0.300. The van der Waals surface area contributed by atoms with Crippen LogP contribution in [0.2, 0.25) is 0 Å². The van der Waals surface area contributed by atoms with Gasteiger partial charge >= 0.3 is 0 Å². The lowest BCUT2D eigenvalue weighted by molar-refractivity contribution is 0.0749. The van der Waals surface area contributed by atoms with E-state index >= 15 is 0 Å². The van der Waals surface area contributed by atoms with Crippen LogP contribution in [0.4, 0.5) is 5.69 Å². The van der Waals surface area contributed by atoms with E-state index in [1.807, 2.05) is 49.1 Å². The van der Waals surface area contributed by atoms with Crippen LogP contribution in [0, 0.1) is 13.8 Å². The zero-order chi connectivity index (χ0) is 17.4. The molecule has 0 aliphatic carbocycles. The van der Waals surface area contributed by atoms with Gasteiger partial charge in [0, 0.05) is 31.7 Å². The molecule has 0 unspecified atom stereocenters. The predicted octanol–water partition coefficient (Wildman–Crippen LogP) is 3.14. The molecular weight excluding hydrogens is 312 g/mol. The van der Waals surface area contributed by atoms with E-state index in [9.17, 15) is 4.79 Å². The van der Waals surface area contributed by atoms with Crippen LogP contribution in [-0.2, 0) is 0 Å². The van der Waals surface area contributed by atoms with Gasteiger partial charge in [-0.25, -0.2) is 0 Å². The Bertz CT molecular complexity index is 898. The molecule has 3 aromatic rings. The highest BCUT2D eigenvalue weighted by Gasteiger charge is 2.25. The molecule has 1 aliphatic heterocycles. The summed E-state index contributed by atoms with van der Waals surface area (Å²) in [6.45, 7) is 7.18. The molecule has 25 heavy (non-hydrogen) atoms. The van der Waals surface area contributed by atoms with Crippen LogP contribution in [0.15, 0.2) is 42.5 Å². The Hall–Kier alpha value is -2.82. The van der Waals surface area contributed by atoms with Crippen molar-refractivity contribution in [2.75, 3.05) is 31.1 Å². The first-order valence-electron chi connectivity index (χ1n) is 8.68. The molecule has 1 N–H and O–H groups in total. The van der Waals surface area contributed by atoms with E-state index in [0.29, 0.717) is 0 Å². The van der Waals surface area contributed by atoms with Crippen molar-refractivity contribution in [3.05, 3.63) is 59.4 Å². The summed E-state index contributed by atoms with van der Waals surface area (Å²) >= 11 is 0. The number of nitrogens with zero attached hydrogens (tertiary/aromatic N) is 3. The number of carbonyl (C=O) groups is 1. The Labute approximate surface area is 147 Å². The molecule has 1 amide bonds. The molecule has 5 nitrogen and oxygen atoms in total. The Morgan fingerprint density at radius 2 is 1.72 bits per heavy atom. The van der Waals surface area contributed by atoms with E-state index in [1.165, 1.54) is 5.69 Å². The van der Waals surface area contributed by atoms with Gasteiger partial charge in [-0.15, -0.1) is 0 Å². The minimum Gasteiger partial charge on any atom is -0.365 e. The number of H-pyrrole nitrogens is 1. The number of aryl methyl sites for hydroxylation is 2. The van der Waals surface area contributed by atoms with Crippen molar-refractivity contribution in [1.82, 2.24) is 15.1 Å². The third-order valence-electron chi connectivity index (χ3n) is 4.99. The lowest BCUT2D eigenvalue weighted by Gasteiger charge is -2.36. The summed E-state index contributed by atoms with van der Waals surface area (Å²) in [5.74, 6) is 0.122. The number of hydrogen-bond donors (Lipinski definition) is 1. The van der Waals surface area contributed by atoms with E-state index in [4.69, 9.17) is 0 Å². The fourth-order valence-corrected chi connectivity index (χ4v) is 3.73. The normalized spacial score (nSPS) is 15.0. The van der Waals surface area contributed by atoms with Crippen LogP contribution in [0.1, 0.15) is 21.7 Å². The van der Waals surface area contributed by atoms with Gasteiger partial charge in [0.1, 0.15) is 0 Å². The number of amides is 1. The van der Waals surface area contributed by atoms with Gasteiger partial charge in [-0.3, -0.25) is 9.89 Å². The molecule has 0 saturated carbocycles. The van der Waals surface area contributed by atoms with Gasteiger partial charge < -0.3 is 9.80 Å². The number of anilines is 1. The van der Waals surface area contributed by atoms with Crippen molar-refractivity contribution in [1.29, 1.82) is 0 Å². The van der Waals surface area contributed by atoms with Gasteiger partial charge in [0.15, 0.2) is 0 Å². The van der Waals surface area contributed by atoms with Crippen LogP contribution in [0.3, 0.4) is 0 Å². The number of hydrogen-bond acceptors (Lipinski definition) is 3. The maximum atomic E-state index is 13.0. The molecule has 0 radical (unpaired) electrons. The zero-order valence-electron chi connectivity index (χ0n) is 14.6. The van der Waals surface area contributed by atoms with Crippen LogP contribution >= 0.6 is 0 Å². The monoisotopic (exact) mass is 334 g/mol. The highest BCUT2D eigenvalue weighted by molar-refractivity contribution is 6.07. The Kier molecular flexibility index (Phi) is 3.92. The largest absolute Gasteiger partial charge is 0.365 e. The average molecular weight is 334 g/mol. The van der Waals surface area contributed by atoms with Crippen molar-refractivity contribution < 1.29 is 4.79 Å². The quantitative estimate of drug-likeness (QED) is 0.783. The highest BCUT2D eigenvalue weighted by Crippen LogP contribution is 2.25. The lowest BCUT2D eigenvalue weighted by Crippen LogP contribution is -2.49. The SMILES string of the molecule is Cc1n[nH]c(C)c1N1CCN(C(=O)c2cccc3ccccc23)CC1. The zero-order valence-corrected chi connectivity index (χ0v) is 14.6. The molecule has 0 atom stereocenters. The Balaban J connectivity index is 1.53. The van der Waals surface area contributed by atoms with Crippen molar-refractivity contribution in [3.63, 3.8) is 0 Å². The molecular formula is C20H22N4O. The van der Waals surface area contributed by atoms with Crippen LogP contribution in [0.5, 0.6) is 0 Å². The Morgan fingerprint density at radius 1 is 1.00 bits per heavy atom. The van der Waals surface area contributed by atoms with E-state index in [1.54, 1.807) is 0 Å². The van der Waals surface area contributed by atoms with Gasteiger partial charge in [0.2, 0.25) is 0 Å². The number of aromatic nitrogens is 2. The first kappa shape index (κ1) is 15.7. The molecule has 2 heterocycles. The number of benzene rings is 2. The summed E-state index contributed by atoms with van der Waals surface area (Å²) in [6.07, 6.45) is 0. The Morgan fingerprint density at radius 3 is 2.44 bits per heavy atom. The smallest absolute Gasteiger partial charge is 0.254 e. The second-order valence-electron chi connectivity index (χ2n) is 6.59. The average Bonchev–Trinajstić information content (AvgIpc) is 2.99. The second-order valence-corrected chi connectivity index (χ2v) is 6.59. The van der Waals surface area contributed by atoms with Gasteiger partial charge in [0.25, 0.3) is 5.91 Å². The summed E-state index contributed by atoms with van der Waals surface area (Å²) < 4.78 is 0. The highest BCUT2D eigenvalue weighted by atomic mass is 16.2. The summed E-state index contributed by atoms with van der Waals surface area (Å²) in [6, 6.07) is 14.0. The third kappa shape index (κ3) is 2.76. The number of fused-ring (bicyclic) bond motifs is 1. The van der Waals surface area contributed by atoms with Crippen LogP contribution < -0.4 is 4.90 Å². The van der Waals surface area contributed by atoms with E-state index in [2.05, 4.69) is 27.2 Å². The fourth-order valence-electron chi connectivity index (χ4n) is 3.73. The number of rotatable bonds is 2. The number of nitrogens with one attached hydrogen (secondary N) is 1. The lowest BCUT2D eigenvalue weighted by atomic mass is 10.0. The summed E-state index contributed by atoms with van der Waals surface area (Å²) in [4.78, 5) is 17.3. The maximum absolute atomic E-state index is 13.0. The van der Waals surface area contributed by atoms with Crippen molar-refractivity contribution in [2.24, 2.45) is 0 Å². The van der Waals surface area contributed by atoms with Crippen LogP contribution in [0.25, 0.3) is 10.8 Å². The molecule has 1 saturated heterocycles. The number of piperazine rings is 1. The molecule has 1 aliphatic rings. The summed E-state index contributed by atoms with van der Waals surface area (Å²) in [7, 11) is 0. The summed E-state index contributed by atoms with van der Waals surface area (Å²) in [5, 5.41) is 9.46. The number of aromatic amines is 1. The second kappa shape index (κ2) is 6.24. The molecule has 0 spiro atoms. The molecule has 1 fully saturated rings. The van der Waals surface area contributed by atoms with Crippen LogP contribution in [-0.4, -0.2) is 47.2 Å². The van der Waals surface area contributed by atoms with E-state index < -0.39 is 0 Å². The van der Waals surface area contributed by atoms with E-state index in [0.717, 1.165) is 53.9 Å². The molecule has 0 bridgehead atoms. The molecule has 128 valence electrons. The molecule has 1 aromatic heterocycles. The third-order valence-corrected chi connectivity index (χ3v) is 4.99.